The average Bonchev–Trinajstić information content (AvgIpc) is 2.73. The standard InChI is InChI=1S/C22H17NO4/c1-23(20(24)16-10-4-2-5-11-16)22(17-12-6-3-7-13-17)21(25)26-18-14-8-9-15-19(18)27-22/h2-15H,1H3. The Morgan fingerprint density at radius 2 is 1.37 bits per heavy atom. The fourth-order valence-corrected chi connectivity index (χ4v) is 3.15. The molecule has 0 aliphatic carbocycles. The molecule has 0 spiro atoms. The summed E-state index contributed by atoms with van der Waals surface area (Å²) in [7, 11) is 1.54. The van der Waals surface area contributed by atoms with E-state index in [1.54, 1.807) is 72.8 Å². The van der Waals surface area contributed by atoms with E-state index in [4.69, 9.17) is 9.47 Å². The predicted octanol–water partition coefficient (Wildman–Crippen LogP) is 3.61. The van der Waals surface area contributed by atoms with Crippen LogP contribution in [0.5, 0.6) is 11.5 Å². The van der Waals surface area contributed by atoms with Crippen molar-refractivity contribution in [3.8, 4) is 11.5 Å². The number of para-hydroxylation sites is 2. The van der Waals surface area contributed by atoms with Crippen LogP contribution in [0.25, 0.3) is 0 Å². The van der Waals surface area contributed by atoms with Crippen molar-refractivity contribution in [3.63, 3.8) is 0 Å². The zero-order valence-electron chi connectivity index (χ0n) is 14.7. The van der Waals surface area contributed by atoms with E-state index in [0.717, 1.165) is 0 Å². The molecule has 1 aliphatic rings. The molecule has 4 rings (SSSR count). The third kappa shape index (κ3) is 2.73. The van der Waals surface area contributed by atoms with Crippen molar-refractivity contribution in [1.82, 2.24) is 4.90 Å². The number of likely N-dealkylation sites (N-methyl/N-ethyl adjacent to an activating group) is 1. The van der Waals surface area contributed by atoms with Crippen molar-refractivity contribution in [2.45, 2.75) is 5.72 Å². The number of carbonyl (C=O) groups is 2. The molecule has 3 aromatic carbocycles. The van der Waals surface area contributed by atoms with Gasteiger partial charge in [-0.3, -0.25) is 9.69 Å². The lowest BCUT2D eigenvalue weighted by molar-refractivity contribution is -0.173. The fraction of sp³-hybridized carbons (Fsp3) is 0.0909. The molecular formula is C22H17NO4. The summed E-state index contributed by atoms with van der Waals surface area (Å²) in [5.74, 6) is -0.293. The largest absolute Gasteiger partial charge is 0.449 e. The first kappa shape index (κ1) is 16.8. The molecule has 0 fully saturated rings. The normalized spacial score (nSPS) is 18.0. The number of hydrogen-bond donors (Lipinski definition) is 0. The van der Waals surface area contributed by atoms with Gasteiger partial charge in [0.05, 0.1) is 0 Å². The van der Waals surface area contributed by atoms with Crippen LogP contribution < -0.4 is 9.47 Å². The molecule has 27 heavy (non-hydrogen) atoms. The maximum absolute atomic E-state index is 13.1. The second kappa shape index (κ2) is 6.61. The Morgan fingerprint density at radius 3 is 2.04 bits per heavy atom. The smallest absolute Gasteiger partial charge is 0.383 e. The lowest BCUT2D eigenvalue weighted by atomic mass is 9.98. The van der Waals surface area contributed by atoms with E-state index in [-0.39, 0.29) is 5.91 Å². The second-order valence-electron chi connectivity index (χ2n) is 6.18. The van der Waals surface area contributed by atoms with E-state index in [0.29, 0.717) is 22.6 Å². The van der Waals surface area contributed by atoms with E-state index < -0.39 is 11.7 Å². The lowest BCUT2D eigenvalue weighted by Crippen LogP contribution is -2.59. The molecule has 0 aromatic heterocycles. The summed E-state index contributed by atoms with van der Waals surface area (Å²) in [6.45, 7) is 0. The van der Waals surface area contributed by atoms with Gasteiger partial charge in [0.25, 0.3) is 5.91 Å². The molecule has 1 aliphatic heterocycles. The molecule has 3 aromatic rings. The van der Waals surface area contributed by atoms with Gasteiger partial charge in [-0.2, -0.15) is 0 Å². The second-order valence-corrected chi connectivity index (χ2v) is 6.18. The minimum atomic E-state index is -1.72. The van der Waals surface area contributed by atoms with Crippen LogP contribution in [0.2, 0.25) is 0 Å². The highest BCUT2D eigenvalue weighted by Gasteiger charge is 2.54. The first-order valence-electron chi connectivity index (χ1n) is 8.52. The molecule has 1 atom stereocenters. The number of hydrogen-bond acceptors (Lipinski definition) is 4. The van der Waals surface area contributed by atoms with Gasteiger partial charge < -0.3 is 9.47 Å². The molecule has 1 unspecified atom stereocenters. The summed E-state index contributed by atoms with van der Waals surface area (Å²) in [5.41, 5.74) is -0.760. The number of amides is 1. The quantitative estimate of drug-likeness (QED) is 0.530. The summed E-state index contributed by atoms with van der Waals surface area (Å²) < 4.78 is 11.7. The third-order valence-electron chi connectivity index (χ3n) is 4.55. The van der Waals surface area contributed by atoms with E-state index in [1.807, 2.05) is 12.1 Å². The molecule has 1 amide bonds. The van der Waals surface area contributed by atoms with Crippen LogP contribution in [-0.2, 0) is 10.5 Å². The van der Waals surface area contributed by atoms with Gasteiger partial charge in [-0.1, -0.05) is 60.7 Å². The highest BCUT2D eigenvalue weighted by Crippen LogP contribution is 2.42. The van der Waals surface area contributed by atoms with Gasteiger partial charge in [-0.15, -0.1) is 0 Å². The van der Waals surface area contributed by atoms with Crippen molar-refractivity contribution >= 4 is 11.9 Å². The topological polar surface area (TPSA) is 55.8 Å². The van der Waals surface area contributed by atoms with Gasteiger partial charge >= 0.3 is 11.7 Å². The highest BCUT2D eigenvalue weighted by atomic mass is 16.6. The van der Waals surface area contributed by atoms with Crippen LogP contribution in [-0.4, -0.2) is 23.8 Å². The summed E-state index contributed by atoms with van der Waals surface area (Å²) in [6, 6.07) is 24.5. The van der Waals surface area contributed by atoms with Crippen LogP contribution in [0.4, 0.5) is 0 Å². The SMILES string of the molecule is CN(C(=O)c1ccccc1)C1(c2ccccc2)Oc2ccccc2OC1=O. The van der Waals surface area contributed by atoms with Gasteiger partial charge in [0.1, 0.15) is 0 Å². The van der Waals surface area contributed by atoms with Crippen molar-refractivity contribution < 1.29 is 19.1 Å². The first-order chi connectivity index (χ1) is 13.1. The van der Waals surface area contributed by atoms with Crippen molar-refractivity contribution in [3.05, 3.63) is 96.1 Å². The number of ether oxygens (including phenoxy) is 2. The Balaban J connectivity index is 1.86. The molecule has 1 heterocycles. The highest BCUT2D eigenvalue weighted by molar-refractivity contribution is 5.98. The van der Waals surface area contributed by atoms with Gasteiger partial charge in [0, 0.05) is 18.2 Å². The fourth-order valence-electron chi connectivity index (χ4n) is 3.15. The van der Waals surface area contributed by atoms with Crippen molar-refractivity contribution in [2.75, 3.05) is 7.05 Å². The summed E-state index contributed by atoms with van der Waals surface area (Å²) in [5, 5.41) is 0. The average molecular weight is 359 g/mol. The van der Waals surface area contributed by atoms with Crippen LogP contribution in [0, 0.1) is 0 Å². The van der Waals surface area contributed by atoms with Crippen molar-refractivity contribution in [2.24, 2.45) is 0 Å². The van der Waals surface area contributed by atoms with Crippen molar-refractivity contribution in [1.29, 1.82) is 0 Å². The number of fused-ring (bicyclic) bond motifs is 1. The monoisotopic (exact) mass is 359 g/mol. The van der Waals surface area contributed by atoms with E-state index >= 15 is 0 Å². The lowest BCUT2D eigenvalue weighted by Gasteiger charge is -2.42. The van der Waals surface area contributed by atoms with Gasteiger partial charge in [-0.25, -0.2) is 4.79 Å². The molecule has 5 heteroatoms. The maximum Gasteiger partial charge on any atom is 0.383 e. The van der Waals surface area contributed by atoms with Crippen LogP contribution >= 0.6 is 0 Å². The molecule has 0 bridgehead atoms. The number of carbonyl (C=O) groups excluding carboxylic acids is 2. The van der Waals surface area contributed by atoms with Crippen LogP contribution in [0.1, 0.15) is 15.9 Å². The first-order valence-corrected chi connectivity index (χ1v) is 8.52. The summed E-state index contributed by atoms with van der Waals surface area (Å²) in [6.07, 6.45) is 0. The Bertz CT molecular complexity index is 987. The predicted molar refractivity (Wildman–Crippen MR) is 99.4 cm³/mol. The number of esters is 1. The third-order valence-corrected chi connectivity index (χ3v) is 4.55. The van der Waals surface area contributed by atoms with E-state index in [2.05, 4.69) is 0 Å². The number of rotatable bonds is 3. The Labute approximate surface area is 156 Å². The molecule has 0 saturated heterocycles. The molecule has 0 radical (unpaired) electrons. The molecule has 0 saturated carbocycles. The Kier molecular flexibility index (Phi) is 4.12. The van der Waals surface area contributed by atoms with Gasteiger partial charge in [-0.05, 0) is 24.3 Å². The molecule has 134 valence electrons. The van der Waals surface area contributed by atoms with Gasteiger partial charge in [0.2, 0.25) is 0 Å². The van der Waals surface area contributed by atoms with Crippen LogP contribution in [0.15, 0.2) is 84.9 Å². The zero-order chi connectivity index (χ0) is 18.9. The minimum absolute atomic E-state index is 0.328. The Morgan fingerprint density at radius 1 is 0.815 bits per heavy atom. The molecule has 5 nitrogen and oxygen atoms in total. The van der Waals surface area contributed by atoms with Crippen LogP contribution in [0.3, 0.4) is 0 Å². The molecule has 0 N–H and O–H groups in total. The summed E-state index contributed by atoms with van der Waals surface area (Å²) >= 11 is 0. The molecular weight excluding hydrogens is 342 g/mol. The maximum atomic E-state index is 13.1. The number of benzene rings is 3. The van der Waals surface area contributed by atoms with E-state index in [9.17, 15) is 9.59 Å². The summed E-state index contributed by atoms with van der Waals surface area (Å²) in [4.78, 5) is 27.5. The minimum Gasteiger partial charge on any atom is -0.449 e. The zero-order valence-corrected chi connectivity index (χ0v) is 14.7. The number of nitrogens with zero attached hydrogens (tertiary/aromatic N) is 1. The van der Waals surface area contributed by atoms with Gasteiger partial charge in [0.15, 0.2) is 11.5 Å². The Hall–Kier alpha value is -3.60. The van der Waals surface area contributed by atoms with E-state index in [1.165, 1.54) is 11.9 Å².